The summed E-state index contributed by atoms with van der Waals surface area (Å²) in [6.07, 6.45) is -3.00. The van der Waals surface area contributed by atoms with Gasteiger partial charge in [0.25, 0.3) is 0 Å². The third kappa shape index (κ3) is 5.37. The molecule has 1 aromatic carbocycles. The van der Waals surface area contributed by atoms with Gasteiger partial charge < -0.3 is 14.5 Å². The maximum Gasteiger partial charge on any atom is 0.573 e. The number of carbonyl (C=O) groups excluding carboxylic acids is 2. The number of piperidine rings is 1. The fraction of sp³-hybridized carbons (Fsp3) is 0.556. The van der Waals surface area contributed by atoms with Crippen molar-refractivity contribution in [1.29, 1.82) is 0 Å². The Morgan fingerprint density at radius 2 is 2.00 bits per heavy atom. The molecule has 0 spiro atoms. The van der Waals surface area contributed by atoms with Crippen molar-refractivity contribution in [2.75, 3.05) is 20.1 Å². The van der Waals surface area contributed by atoms with Crippen LogP contribution in [0.5, 0.6) is 5.75 Å². The maximum absolute atomic E-state index is 12.7. The summed E-state index contributed by atoms with van der Waals surface area (Å²) in [4.78, 5) is 27.6. The molecular formula is C18H23F3N2O3. The van der Waals surface area contributed by atoms with Gasteiger partial charge in [0, 0.05) is 38.7 Å². The number of rotatable bonds is 5. The summed E-state index contributed by atoms with van der Waals surface area (Å²) in [5.74, 6) is -0.819. The minimum absolute atomic E-state index is 0.00328. The van der Waals surface area contributed by atoms with Gasteiger partial charge in [0.2, 0.25) is 11.8 Å². The number of alkyl halides is 3. The molecule has 1 saturated heterocycles. The van der Waals surface area contributed by atoms with Crippen LogP contribution in [0.15, 0.2) is 24.3 Å². The van der Waals surface area contributed by atoms with Gasteiger partial charge in [-0.15, -0.1) is 13.2 Å². The van der Waals surface area contributed by atoms with Crippen molar-refractivity contribution in [2.24, 2.45) is 5.92 Å². The number of ether oxygens (including phenoxy) is 1. The smallest absolute Gasteiger partial charge is 0.405 e. The van der Waals surface area contributed by atoms with E-state index in [2.05, 4.69) is 4.74 Å². The average molecular weight is 372 g/mol. The predicted molar refractivity (Wildman–Crippen MR) is 89.2 cm³/mol. The Morgan fingerprint density at radius 1 is 1.31 bits per heavy atom. The molecule has 1 atom stereocenters. The minimum atomic E-state index is -4.79. The van der Waals surface area contributed by atoms with Gasteiger partial charge in [0.1, 0.15) is 5.75 Å². The van der Waals surface area contributed by atoms with Crippen molar-refractivity contribution >= 4 is 11.8 Å². The van der Waals surface area contributed by atoms with Gasteiger partial charge in [-0.3, -0.25) is 9.59 Å². The fourth-order valence-electron chi connectivity index (χ4n) is 3.13. The molecule has 0 aliphatic carbocycles. The van der Waals surface area contributed by atoms with Crippen LogP contribution in [0.4, 0.5) is 13.2 Å². The van der Waals surface area contributed by atoms with Crippen LogP contribution >= 0.6 is 0 Å². The van der Waals surface area contributed by atoms with Crippen LogP contribution in [0.25, 0.3) is 0 Å². The van der Waals surface area contributed by atoms with Gasteiger partial charge in [-0.2, -0.15) is 0 Å². The van der Waals surface area contributed by atoms with E-state index in [-0.39, 0.29) is 35.6 Å². The standard InChI is InChI=1S/C18H23F3N2O3/c1-3-16(24)23-10-6-8-14(12-23)17(25)22(2)11-13-7-4-5-9-15(13)26-18(19,20)21/h4-5,7,9,14H,3,6,8,10-12H2,1-2H3. The number of para-hydroxylation sites is 1. The summed E-state index contributed by atoms with van der Waals surface area (Å²) in [6.45, 7) is 2.78. The van der Waals surface area contributed by atoms with Crippen molar-refractivity contribution in [2.45, 2.75) is 39.1 Å². The SMILES string of the molecule is CCC(=O)N1CCCC(C(=O)N(C)Cc2ccccc2OC(F)(F)F)C1. The molecule has 26 heavy (non-hydrogen) atoms. The first kappa shape index (κ1) is 20.1. The second-order valence-electron chi connectivity index (χ2n) is 6.38. The molecule has 1 aliphatic rings. The Hall–Kier alpha value is -2.25. The summed E-state index contributed by atoms with van der Waals surface area (Å²) in [5, 5.41) is 0. The second-order valence-corrected chi connectivity index (χ2v) is 6.38. The van der Waals surface area contributed by atoms with Crippen molar-refractivity contribution < 1.29 is 27.5 Å². The van der Waals surface area contributed by atoms with Gasteiger partial charge >= 0.3 is 6.36 Å². The van der Waals surface area contributed by atoms with Crippen LogP contribution in [0.2, 0.25) is 0 Å². The third-order valence-electron chi connectivity index (χ3n) is 4.41. The number of carbonyl (C=O) groups is 2. The van der Waals surface area contributed by atoms with E-state index in [9.17, 15) is 22.8 Å². The highest BCUT2D eigenvalue weighted by Crippen LogP contribution is 2.28. The van der Waals surface area contributed by atoms with Crippen LogP contribution in [0, 0.1) is 5.92 Å². The molecule has 1 fully saturated rings. The molecule has 2 amide bonds. The number of hydrogen-bond acceptors (Lipinski definition) is 3. The fourth-order valence-corrected chi connectivity index (χ4v) is 3.13. The number of halogens is 3. The van der Waals surface area contributed by atoms with E-state index in [4.69, 9.17) is 0 Å². The van der Waals surface area contributed by atoms with E-state index in [0.717, 1.165) is 6.42 Å². The van der Waals surface area contributed by atoms with Crippen LogP contribution in [-0.2, 0) is 16.1 Å². The maximum atomic E-state index is 12.7. The normalized spacial score (nSPS) is 17.7. The number of amides is 2. The lowest BCUT2D eigenvalue weighted by molar-refractivity contribution is -0.275. The Labute approximate surface area is 150 Å². The van der Waals surface area contributed by atoms with E-state index < -0.39 is 6.36 Å². The molecule has 1 heterocycles. The van der Waals surface area contributed by atoms with Crippen molar-refractivity contribution in [3.05, 3.63) is 29.8 Å². The molecule has 0 saturated carbocycles. The van der Waals surface area contributed by atoms with E-state index in [0.29, 0.717) is 25.9 Å². The quantitative estimate of drug-likeness (QED) is 0.798. The third-order valence-corrected chi connectivity index (χ3v) is 4.41. The molecule has 0 bridgehead atoms. The van der Waals surface area contributed by atoms with Crippen LogP contribution in [-0.4, -0.2) is 48.1 Å². The predicted octanol–water partition coefficient (Wildman–Crippen LogP) is 3.19. The summed E-state index contributed by atoms with van der Waals surface area (Å²) >= 11 is 0. The average Bonchev–Trinajstić information content (AvgIpc) is 2.60. The molecule has 1 aliphatic heterocycles. The van der Waals surface area contributed by atoms with Crippen molar-refractivity contribution in [1.82, 2.24) is 9.80 Å². The van der Waals surface area contributed by atoms with Gasteiger partial charge in [-0.25, -0.2) is 0 Å². The lowest BCUT2D eigenvalue weighted by atomic mass is 9.96. The lowest BCUT2D eigenvalue weighted by Gasteiger charge is -2.34. The molecule has 0 radical (unpaired) electrons. The first-order valence-corrected chi connectivity index (χ1v) is 8.57. The Kier molecular flexibility index (Phi) is 6.50. The number of nitrogens with zero attached hydrogens (tertiary/aromatic N) is 2. The van der Waals surface area contributed by atoms with Gasteiger partial charge in [-0.1, -0.05) is 25.1 Å². The first-order valence-electron chi connectivity index (χ1n) is 8.57. The number of benzene rings is 1. The highest BCUT2D eigenvalue weighted by Gasteiger charge is 2.33. The first-order chi connectivity index (χ1) is 12.2. The monoisotopic (exact) mass is 372 g/mol. The summed E-state index contributed by atoms with van der Waals surface area (Å²) < 4.78 is 41.6. The second kappa shape index (κ2) is 8.42. The molecule has 0 aromatic heterocycles. The molecular weight excluding hydrogens is 349 g/mol. The van der Waals surface area contributed by atoms with Gasteiger partial charge in [-0.05, 0) is 18.9 Å². The summed E-state index contributed by atoms with van der Waals surface area (Å²) in [7, 11) is 1.55. The zero-order valence-electron chi connectivity index (χ0n) is 14.9. The minimum Gasteiger partial charge on any atom is -0.405 e. The molecule has 144 valence electrons. The Balaban J connectivity index is 2.04. The van der Waals surface area contributed by atoms with Crippen LogP contribution in [0.3, 0.4) is 0 Å². The zero-order valence-corrected chi connectivity index (χ0v) is 14.9. The topological polar surface area (TPSA) is 49.9 Å². The molecule has 5 nitrogen and oxygen atoms in total. The largest absolute Gasteiger partial charge is 0.573 e. The summed E-state index contributed by atoms with van der Waals surface area (Å²) in [6, 6.07) is 5.77. The van der Waals surface area contributed by atoms with E-state index >= 15 is 0 Å². The molecule has 2 rings (SSSR count). The van der Waals surface area contributed by atoms with Crippen molar-refractivity contribution in [3.8, 4) is 5.75 Å². The Morgan fingerprint density at radius 3 is 2.65 bits per heavy atom. The van der Waals surface area contributed by atoms with Crippen molar-refractivity contribution in [3.63, 3.8) is 0 Å². The highest BCUT2D eigenvalue weighted by atomic mass is 19.4. The van der Waals surface area contributed by atoms with E-state index in [1.807, 2.05) is 0 Å². The molecule has 0 N–H and O–H groups in total. The van der Waals surface area contributed by atoms with E-state index in [1.165, 1.54) is 23.1 Å². The zero-order chi connectivity index (χ0) is 19.3. The molecule has 1 aromatic rings. The Bertz CT molecular complexity index is 649. The molecule has 8 heteroatoms. The number of hydrogen-bond donors (Lipinski definition) is 0. The summed E-state index contributed by atoms with van der Waals surface area (Å²) in [5.41, 5.74) is 0.276. The van der Waals surface area contributed by atoms with Crippen LogP contribution < -0.4 is 4.74 Å². The molecule has 1 unspecified atom stereocenters. The lowest BCUT2D eigenvalue weighted by Crippen LogP contribution is -2.45. The highest BCUT2D eigenvalue weighted by molar-refractivity contribution is 5.81. The van der Waals surface area contributed by atoms with E-state index in [1.54, 1.807) is 24.9 Å². The van der Waals surface area contributed by atoms with Crippen LogP contribution in [0.1, 0.15) is 31.7 Å². The number of likely N-dealkylation sites (tertiary alicyclic amines) is 1. The van der Waals surface area contributed by atoms with Gasteiger partial charge in [0.05, 0.1) is 5.92 Å². The van der Waals surface area contributed by atoms with Gasteiger partial charge in [0.15, 0.2) is 0 Å².